The molecular weight excluding hydrogens is 133 g/mol. The van der Waals surface area contributed by atoms with Crippen molar-refractivity contribution in [2.24, 2.45) is 4.99 Å². The van der Waals surface area contributed by atoms with E-state index in [-0.39, 0.29) is 0 Å². The molecule has 60 valence electrons. The van der Waals surface area contributed by atoms with Crippen LogP contribution in [0.5, 0.6) is 0 Å². The van der Waals surface area contributed by atoms with Crippen molar-refractivity contribution in [1.82, 2.24) is 0 Å². The molecule has 0 saturated heterocycles. The quantitative estimate of drug-likeness (QED) is 0.432. The minimum absolute atomic E-state index is 0.455. The lowest BCUT2D eigenvalue weighted by molar-refractivity contribution is 1.52. The Morgan fingerprint density at radius 1 is 1.27 bits per heavy atom. The summed E-state index contributed by atoms with van der Waals surface area (Å²) in [4.78, 5) is 4.25. The van der Waals surface area contributed by atoms with Gasteiger partial charge in [-0.2, -0.15) is 0 Å². The highest BCUT2D eigenvalue weighted by molar-refractivity contribution is 6.93. The lowest BCUT2D eigenvalue weighted by Crippen LogP contribution is -2.15. The fourth-order valence-electron chi connectivity index (χ4n) is 0.738. The Morgan fingerprint density at radius 2 is 1.91 bits per heavy atom. The van der Waals surface area contributed by atoms with Crippen LogP contribution in [0.25, 0.3) is 0 Å². The minimum Gasteiger partial charge on any atom is -0.276 e. The molecule has 0 aliphatic rings. The molecule has 1 nitrogen and oxygen atoms in total. The van der Waals surface area contributed by atoms with Crippen LogP contribution in [0, 0.1) is 0 Å². The van der Waals surface area contributed by atoms with E-state index in [0.717, 1.165) is 5.61 Å². The van der Waals surface area contributed by atoms with Gasteiger partial charge < -0.3 is 0 Å². The summed E-state index contributed by atoms with van der Waals surface area (Å²) in [6.45, 7) is 8.64. The predicted octanol–water partition coefficient (Wildman–Crippen LogP) is 2.76. The normalized spacial score (nSPS) is 13.3. The van der Waals surface area contributed by atoms with Crippen molar-refractivity contribution in [3.8, 4) is 0 Å². The molecule has 0 saturated carbocycles. The van der Waals surface area contributed by atoms with E-state index in [1.54, 1.807) is 0 Å². The summed E-state index contributed by atoms with van der Waals surface area (Å²) in [7, 11) is 0. The van der Waals surface area contributed by atoms with Crippen LogP contribution in [0.3, 0.4) is 0 Å². The van der Waals surface area contributed by atoms with E-state index in [1.807, 2.05) is 33.0 Å². The Labute approximate surface area is 70.0 Å². The summed E-state index contributed by atoms with van der Waals surface area (Å²) in [5, 5.41) is 0. The van der Waals surface area contributed by atoms with Gasteiger partial charge in [-0.25, -0.2) is 0 Å². The van der Waals surface area contributed by atoms with Crippen molar-refractivity contribution in [3.05, 3.63) is 24.3 Å². The average molecular weight is 149 g/mol. The second-order valence-corrected chi connectivity index (χ2v) is 2.57. The molecule has 0 N–H and O–H groups in total. The second kappa shape index (κ2) is 5.96. The highest BCUT2D eigenvalue weighted by Gasteiger charge is 2.03. The van der Waals surface area contributed by atoms with E-state index in [1.165, 1.54) is 0 Å². The maximum Gasteiger partial charge on any atom is 0.216 e. The van der Waals surface area contributed by atoms with Gasteiger partial charge >= 0.3 is 0 Å². The van der Waals surface area contributed by atoms with Crippen molar-refractivity contribution in [2.45, 2.75) is 27.6 Å². The van der Waals surface area contributed by atoms with E-state index in [4.69, 9.17) is 0 Å². The first-order valence-corrected chi connectivity index (χ1v) is 4.00. The molecule has 0 radical (unpaired) electrons. The van der Waals surface area contributed by atoms with Crippen LogP contribution in [0.1, 0.15) is 20.8 Å². The number of allylic oxidation sites excluding steroid dienone is 2. The third-order valence-electron chi connectivity index (χ3n) is 1.57. The topological polar surface area (TPSA) is 12.4 Å². The van der Waals surface area contributed by atoms with E-state index in [0.29, 0.717) is 6.71 Å². The smallest absolute Gasteiger partial charge is 0.216 e. The first kappa shape index (κ1) is 10.2. The Balaban J connectivity index is 4.10. The third kappa shape index (κ3) is 4.60. The first-order valence-electron chi connectivity index (χ1n) is 4.00. The number of aliphatic imine (C=N–C) groups is 1. The lowest BCUT2D eigenvalue weighted by atomic mass is 9.48. The van der Waals surface area contributed by atoms with Gasteiger partial charge in [0.1, 0.15) is 0 Å². The van der Waals surface area contributed by atoms with Crippen molar-refractivity contribution in [1.29, 1.82) is 0 Å². The maximum absolute atomic E-state index is 4.25. The number of hydrogen-bond acceptors (Lipinski definition) is 1. The monoisotopic (exact) mass is 149 g/mol. The summed E-state index contributed by atoms with van der Waals surface area (Å²) in [5.41, 5.74) is 1.15. The number of rotatable bonds is 3. The summed E-state index contributed by atoms with van der Waals surface area (Å²) < 4.78 is 0. The molecule has 0 aromatic rings. The van der Waals surface area contributed by atoms with Crippen LogP contribution in [-0.4, -0.2) is 12.3 Å². The molecule has 2 heteroatoms. The van der Waals surface area contributed by atoms with Crippen molar-refractivity contribution < 1.29 is 0 Å². The van der Waals surface area contributed by atoms with Gasteiger partial charge in [0.25, 0.3) is 0 Å². The molecule has 0 heterocycles. The average Bonchev–Trinajstić information content (AvgIpc) is 2.00. The van der Waals surface area contributed by atoms with Crippen molar-refractivity contribution >= 4 is 12.3 Å². The first-order chi connectivity index (χ1) is 5.22. The summed E-state index contributed by atoms with van der Waals surface area (Å²) in [6, 6.07) is 0. The zero-order valence-corrected chi connectivity index (χ0v) is 7.83. The van der Waals surface area contributed by atoms with Gasteiger partial charge in [0.2, 0.25) is 6.71 Å². The Bertz CT molecular complexity index is 180. The van der Waals surface area contributed by atoms with Gasteiger partial charge in [-0.3, -0.25) is 4.99 Å². The third-order valence-corrected chi connectivity index (χ3v) is 1.57. The van der Waals surface area contributed by atoms with Crippen molar-refractivity contribution in [3.63, 3.8) is 0 Å². The van der Waals surface area contributed by atoms with Crippen LogP contribution in [-0.2, 0) is 0 Å². The standard InChI is InChI=1S/C9H16BN/c1-5-7-10(4)9(3)11-8-6-2/h5-8H,1-4H3. The van der Waals surface area contributed by atoms with Crippen molar-refractivity contribution in [2.75, 3.05) is 0 Å². The van der Waals surface area contributed by atoms with Gasteiger partial charge in [0.05, 0.1) is 0 Å². The molecular formula is C9H16BN. The van der Waals surface area contributed by atoms with Gasteiger partial charge in [0, 0.05) is 6.20 Å². The van der Waals surface area contributed by atoms with Gasteiger partial charge in [0.15, 0.2) is 0 Å². The fourth-order valence-corrected chi connectivity index (χ4v) is 0.738. The Kier molecular flexibility index (Phi) is 5.53. The number of hydrogen-bond donors (Lipinski definition) is 0. The lowest BCUT2D eigenvalue weighted by Gasteiger charge is -1.98. The zero-order chi connectivity index (χ0) is 8.69. The molecule has 0 aromatic heterocycles. The molecule has 0 aromatic carbocycles. The fraction of sp³-hybridized carbons (Fsp3) is 0.444. The summed E-state index contributed by atoms with van der Waals surface area (Å²) in [6.07, 6.45) is 5.82. The molecule has 0 spiro atoms. The van der Waals surface area contributed by atoms with Gasteiger partial charge in [-0.1, -0.05) is 19.0 Å². The number of nitrogens with zero attached hydrogens (tertiary/aromatic N) is 1. The molecule has 0 aliphatic heterocycles. The maximum atomic E-state index is 4.25. The minimum atomic E-state index is 0.455. The highest BCUT2D eigenvalue weighted by atomic mass is 14.7. The van der Waals surface area contributed by atoms with E-state index < -0.39 is 0 Å². The largest absolute Gasteiger partial charge is 0.276 e. The van der Waals surface area contributed by atoms with Crippen LogP contribution >= 0.6 is 0 Å². The molecule has 0 amide bonds. The Morgan fingerprint density at radius 3 is 2.36 bits per heavy atom. The predicted molar refractivity (Wildman–Crippen MR) is 54.4 cm³/mol. The van der Waals surface area contributed by atoms with Crippen LogP contribution in [0.2, 0.25) is 6.82 Å². The molecule has 0 atom stereocenters. The van der Waals surface area contributed by atoms with Crippen LogP contribution < -0.4 is 0 Å². The van der Waals surface area contributed by atoms with E-state index in [9.17, 15) is 0 Å². The Hall–Kier alpha value is -0.785. The molecule has 0 fully saturated rings. The zero-order valence-electron chi connectivity index (χ0n) is 7.83. The van der Waals surface area contributed by atoms with Crippen LogP contribution in [0.4, 0.5) is 0 Å². The van der Waals surface area contributed by atoms with E-state index in [2.05, 4.69) is 23.9 Å². The second-order valence-electron chi connectivity index (χ2n) is 2.57. The van der Waals surface area contributed by atoms with E-state index >= 15 is 0 Å². The molecule has 0 aliphatic carbocycles. The summed E-state index contributed by atoms with van der Waals surface area (Å²) in [5.74, 6) is 2.14. The van der Waals surface area contributed by atoms with Gasteiger partial charge in [-0.15, -0.1) is 5.98 Å². The SMILES string of the molecule is CC=CN=C(C)B(C)C=CC. The molecule has 11 heavy (non-hydrogen) atoms. The molecule has 0 unspecified atom stereocenters. The summed E-state index contributed by atoms with van der Waals surface area (Å²) >= 11 is 0. The van der Waals surface area contributed by atoms with Gasteiger partial charge in [-0.05, 0) is 26.4 Å². The molecule has 0 rings (SSSR count). The highest BCUT2D eigenvalue weighted by Crippen LogP contribution is 1.90. The van der Waals surface area contributed by atoms with Crippen LogP contribution in [0.15, 0.2) is 29.3 Å². The molecule has 0 bridgehead atoms.